The predicted molar refractivity (Wildman–Crippen MR) is 37.1 cm³/mol. The first-order valence-corrected chi connectivity index (χ1v) is 2.81. The molecule has 0 fully saturated rings. The molecule has 3 heteroatoms. The lowest BCUT2D eigenvalue weighted by atomic mass is 10.4. The molecule has 0 spiro atoms. The Balaban J connectivity index is 2.76. The van der Waals surface area contributed by atoms with Gasteiger partial charge in [-0.25, -0.2) is 9.97 Å². The maximum Gasteiger partial charge on any atom is 0.142 e. The fourth-order valence-electron chi connectivity index (χ4n) is 0.537. The molecule has 1 rings (SSSR count). The molecule has 0 amide bonds. The van der Waals surface area contributed by atoms with Crippen molar-refractivity contribution in [3.8, 4) is 0 Å². The molecule has 0 saturated carbocycles. The van der Waals surface area contributed by atoms with Gasteiger partial charge in [0.25, 0.3) is 0 Å². The second-order valence-electron chi connectivity index (χ2n) is 1.63. The second kappa shape index (κ2) is 3.50. The van der Waals surface area contributed by atoms with Gasteiger partial charge < -0.3 is 0 Å². The van der Waals surface area contributed by atoms with Crippen molar-refractivity contribution in [1.29, 1.82) is 0 Å². The molecular weight excluding hydrogens is 128 g/mol. The minimum Gasteiger partial charge on any atom is -0.299 e. The lowest BCUT2D eigenvalue weighted by Gasteiger charge is -1.85. The van der Waals surface area contributed by atoms with E-state index in [1.54, 1.807) is 18.3 Å². The van der Waals surface area contributed by atoms with Crippen molar-refractivity contribution in [2.45, 2.75) is 0 Å². The minimum atomic E-state index is 0.710. The smallest absolute Gasteiger partial charge is 0.142 e. The minimum absolute atomic E-state index is 0.710. The zero-order chi connectivity index (χ0) is 7.23. The number of rotatable bonds is 2. The summed E-state index contributed by atoms with van der Waals surface area (Å²) in [5.74, 6) is 0. The SMILES string of the molecule is O=C/C=C/c1ccncn1. The predicted octanol–water partition coefficient (Wildman–Crippen LogP) is 0.689. The van der Waals surface area contributed by atoms with Crippen LogP contribution < -0.4 is 0 Å². The van der Waals surface area contributed by atoms with Crippen LogP contribution in [-0.2, 0) is 4.79 Å². The Hall–Kier alpha value is -1.51. The molecule has 0 unspecified atom stereocenters. The first-order chi connectivity index (χ1) is 4.93. The van der Waals surface area contributed by atoms with Crippen LogP contribution in [0.1, 0.15) is 5.69 Å². The van der Waals surface area contributed by atoms with Crippen molar-refractivity contribution in [1.82, 2.24) is 9.97 Å². The molecule has 3 nitrogen and oxygen atoms in total. The summed E-state index contributed by atoms with van der Waals surface area (Å²) in [6.07, 6.45) is 6.78. The van der Waals surface area contributed by atoms with Gasteiger partial charge in [-0.1, -0.05) is 0 Å². The van der Waals surface area contributed by atoms with Crippen LogP contribution >= 0.6 is 0 Å². The maximum absolute atomic E-state index is 9.85. The molecule has 0 radical (unpaired) electrons. The molecule has 0 bridgehead atoms. The van der Waals surface area contributed by atoms with Gasteiger partial charge in [0.1, 0.15) is 12.6 Å². The molecule has 1 heterocycles. The van der Waals surface area contributed by atoms with Crippen LogP contribution in [0.5, 0.6) is 0 Å². The quantitative estimate of drug-likeness (QED) is 0.441. The molecule has 0 N–H and O–H groups in total. The van der Waals surface area contributed by atoms with Gasteiger partial charge >= 0.3 is 0 Å². The first kappa shape index (κ1) is 6.61. The lowest BCUT2D eigenvalue weighted by molar-refractivity contribution is -0.104. The Kier molecular flexibility index (Phi) is 2.31. The molecule has 0 aliphatic carbocycles. The topological polar surface area (TPSA) is 42.9 Å². The third-order valence-corrected chi connectivity index (χ3v) is 0.950. The highest BCUT2D eigenvalue weighted by Gasteiger charge is 1.81. The van der Waals surface area contributed by atoms with E-state index >= 15 is 0 Å². The van der Waals surface area contributed by atoms with E-state index in [4.69, 9.17) is 0 Å². The molecule has 0 saturated heterocycles. The van der Waals surface area contributed by atoms with Crippen molar-refractivity contribution in [3.05, 3.63) is 30.4 Å². The monoisotopic (exact) mass is 134 g/mol. The number of carbonyl (C=O) groups is 1. The van der Waals surface area contributed by atoms with Crippen LogP contribution in [0.25, 0.3) is 6.08 Å². The van der Waals surface area contributed by atoms with Gasteiger partial charge in [0.2, 0.25) is 0 Å². The number of hydrogen-bond donors (Lipinski definition) is 0. The highest BCUT2D eigenvalue weighted by molar-refractivity contribution is 5.72. The summed E-state index contributed by atoms with van der Waals surface area (Å²) in [6.45, 7) is 0. The summed E-state index contributed by atoms with van der Waals surface area (Å²) in [5, 5.41) is 0. The third-order valence-electron chi connectivity index (χ3n) is 0.950. The summed E-state index contributed by atoms with van der Waals surface area (Å²) < 4.78 is 0. The molecule has 1 aromatic rings. The van der Waals surface area contributed by atoms with Crippen molar-refractivity contribution in [2.75, 3.05) is 0 Å². The largest absolute Gasteiger partial charge is 0.299 e. The molecule has 0 aliphatic rings. The first-order valence-electron chi connectivity index (χ1n) is 2.81. The molecule has 10 heavy (non-hydrogen) atoms. The third kappa shape index (κ3) is 1.78. The van der Waals surface area contributed by atoms with Gasteiger partial charge in [-0.05, 0) is 18.2 Å². The molecule has 0 aromatic carbocycles. The zero-order valence-electron chi connectivity index (χ0n) is 5.27. The number of carbonyl (C=O) groups excluding carboxylic acids is 1. The second-order valence-corrected chi connectivity index (χ2v) is 1.63. The Bertz CT molecular complexity index is 231. The van der Waals surface area contributed by atoms with Crippen LogP contribution in [0.3, 0.4) is 0 Å². The zero-order valence-corrected chi connectivity index (χ0v) is 5.27. The van der Waals surface area contributed by atoms with Crippen LogP contribution in [0.2, 0.25) is 0 Å². The summed E-state index contributed by atoms with van der Waals surface area (Å²) in [7, 11) is 0. The Labute approximate surface area is 58.4 Å². The van der Waals surface area contributed by atoms with Crippen LogP contribution in [0, 0.1) is 0 Å². The normalized spacial score (nSPS) is 10.0. The van der Waals surface area contributed by atoms with E-state index in [-0.39, 0.29) is 0 Å². The van der Waals surface area contributed by atoms with Gasteiger partial charge in [0.15, 0.2) is 0 Å². The Morgan fingerprint density at radius 1 is 1.50 bits per heavy atom. The fraction of sp³-hybridized carbons (Fsp3) is 0. The molecule has 0 aliphatic heterocycles. The molecule has 1 aromatic heterocycles. The standard InChI is InChI=1S/C7H6N2O/c10-5-1-2-7-3-4-8-6-9-7/h1-6H/b2-1+. The van der Waals surface area contributed by atoms with E-state index in [1.165, 1.54) is 12.4 Å². The maximum atomic E-state index is 9.85. The van der Waals surface area contributed by atoms with E-state index in [1.807, 2.05) is 0 Å². The average Bonchev–Trinajstić information content (AvgIpc) is 2.03. The summed E-state index contributed by atoms with van der Waals surface area (Å²) in [6, 6.07) is 1.72. The number of aromatic nitrogens is 2. The highest BCUT2D eigenvalue weighted by Crippen LogP contribution is 1.91. The van der Waals surface area contributed by atoms with E-state index in [9.17, 15) is 4.79 Å². The summed E-state index contributed by atoms with van der Waals surface area (Å²) in [5.41, 5.74) is 0.738. The average molecular weight is 134 g/mol. The number of nitrogens with zero attached hydrogens (tertiary/aromatic N) is 2. The van der Waals surface area contributed by atoms with Crippen LogP contribution in [0.15, 0.2) is 24.7 Å². The molecule has 50 valence electrons. The van der Waals surface area contributed by atoms with Crippen molar-refractivity contribution < 1.29 is 4.79 Å². The molecule has 0 atom stereocenters. The van der Waals surface area contributed by atoms with E-state index in [0.717, 1.165) is 5.69 Å². The lowest BCUT2D eigenvalue weighted by Crippen LogP contribution is -1.79. The van der Waals surface area contributed by atoms with Crippen LogP contribution in [0.4, 0.5) is 0 Å². The van der Waals surface area contributed by atoms with Gasteiger partial charge in [-0.2, -0.15) is 0 Å². The fourth-order valence-corrected chi connectivity index (χ4v) is 0.537. The van der Waals surface area contributed by atoms with Gasteiger partial charge in [0, 0.05) is 6.20 Å². The van der Waals surface area contributed by atoms with Gasteiger partial charge in [0.05, 0.1) is 5.69 Å². The van der Waals surface area contributed by atoms with Crippen molar-refractivity contribution in [3.63, 3.8) is 0 Å². The number of allylic oxidation sites excluding steroid dienone is 1. The van der Waals surface area contributed by atoms with Gasteiger partial charge in [-0.3, -0.25) is 4.79 Å². The van der Waals surface area contributed by atoms with E-state index in [2.05, 4.69) is 9.97 Å². The Morgan fingerprint density at radius 2 is 2.40 bits per heavy atom. The number of aldehydes is 1. The summed E-state index contributed by atoms with van der Waals surface area (Å²) >= 11 is 0. The molecular formula is C7H6N2O. The van der Waals surface area contributed by atoms with E-state index in [0.29, 0.717) is 6.29 Å². The summed E-state index contributed by atoms with van der Waals surface area (Å²) in [4.78, 5) is 17.4. The van der Waals surface area contributed by atoms with Gasteiger partial charge in [-0.15, -0.1) is 0 Å². The van der Waals surface area contributed by atoms with Crippen molar-refractivity contribution in [2.24, 2.45) is 0 Å². The Morgan fingerprint density at radius 3 is 3.00 bits per heavy atom. The van der Waals surface area contributed by atoms with E-state index < -0.39 is 0 Å². The van der Waals surface area contributed by atoms with Crippen LogP contribution in [-0.4, -0.2) is 16.3 Å². The highest BCUT2D eigenvalue weighted by atomic mass is 16.1. The number of hydrogen-bond acceptors (Lipinski definition) is 3. The van der Waals surface area contributed by atoms with Crippen molar-refractivity contribution >= 4 is 12.4 Å².